The Hall–Kier alpha value is -3.78. The molecule has 0 radical (unpaired) electrons. The Balaban J connectivity index is 1.57. The number of benzene rings is 3. The highest BCUT2D eigenvalue weighted by Gasteiger charge is 2.15. The van der Waals surface area contributed by atoms with Crippen LogP contribution in [0.2, 0.25) is 0 Å². The fourth-order valence-electron chi connectivity index (χ4n) is 3.51. The summed E-state index contributed by atoms with van der Waals surface area (Å²) >= 11 is 1.35. The van der Waals surface area contributed by atoms with Crippen LogP contribution in [-0.2, 0) is 11.2 Å². The Morgan fingerprint density at radius 2 is 1.56 bits per heavy atom. The van der Waals surface area contributed by atoms with Crippen LogP contribution in [0, 0.1) is 0 Å². The van der Waals surface area contributed by atoms with Gasteiger partial charge in [0.05, 0.1) is 49.5 Å². The number of fused-ring (bicyclic) bond motifs is 1. The van der Waals surface area contributed by atoms with Crippen molar-refractivity contribution in [1.82, 2.24) is 9.97 Å². The predicted octanol–water partition coefficient (Wildman–Crippen LogP) is 4.98. The predicted molar refractivity (Wildman–Crippen MR) is 134 cm³/mol. The van der Waals surface area contributed by atoms with Crippen molar-refractivity contribution < 1.29 is 19.0 Å². The van der Waals surface area contributed by atoms with Crippen LogP contribution in [0.5, 0.6) is 17.2 Å². The lowest BCUT2D eigenvalue weighted by Gasteiger charge is -2.13. The van der Waals surface area contributed by atoms with Gasteiger partial charge in [-0.15, -0.1) is 0 Å². The van der Waals surface area contributed by atoms with Crippen molar-refractivity contribution in [3.63, 3.8) is 0 Å². The van der Waals surface area contributed by atoms with Gasteiger partial charge in [0.15, 0.2) is 0 Å². The second kappa shape index (κ2) is 10.9. The average molecular weight is 476 g/mol. The lowest BCUT2D eigenvalue weighted by molar-refractivity contribution is -0.113. The molecule has 34 heavy (non-hydrogen) atoms. The Morgan fingerprint density at radius 1 is 0.853 bits per heavy atom. The van der Waals surface area contributed by atoms with Crippen LogP contribution in [0.25, 0.3) is 11.0 Å². The normalized spacial score (nSPS) is 10.7. The van der Waals surface area contributed by atoms with Crippen molar-refractivity contribution >= 4 is 34.4 Å². The second-order valence-electron chi connectivity index (χ2n) is 7.36. The first-order valence-electron chi connectivity index (χ1n) is 10.6. The molecule has 0 aliphatic heterocycles. The zero-order chi connectivity index (χ0) is 23.9. The quantitative estimate of drug-likeness (QED) is 0.342. The van der Waals surface area contributed by atoms with Crippen LogP contribution in [0.3, 0.4) is 0 Å². The fourth-order valence-corrected chi connectivity index (χ4v) is 4.30. The largest absolute Gasteiger partial charge is 0.497 e. The van der Waals surface area contributed by atoms with Crippen molar-refractivity contribution in [3.05, 3.63) is 78.0 Å². The summed E-state index contributed by atoms with van der Waals surface area (Å²) < 4.78 is 16.1. The van der Waals surface area contributed by atoms with Gasteiger partial charge in [-0.25, -0.2) is 9.97 Å². The summed E-state index contributed by atoms with van der Waals surface area (Å²) in [6, 6.07) is 20.8. The van der Waals surface area contributed by atoms with Gasteiger partial charge in [-0.3, -0.25) is 4.79 Å². The molecule has 1 heterocycles. The zero-order valence-electron chi connectivity index (χ0n) is 19.2. The molecule has 0 bridgehead atoms. The Kier molecular flexibility index (Phi) is 7.49. The van der Waals surface area contributed by atoms with Gasteiger partial charge in [-0.1, -0.05) is 42.1 Å². The van der Waals surface area contributed by atoms with Crippen molar-refractivity contribution in [2.24, 2.45) is 0 Å². The number of anilines is 1. The number of hydrogen-bond acceptors (Lipinski definition) is 7. The maximum atomic E-state index is 12.8. The van der Waals surface area contributed by atoms with E-state index < -0.39 is 0 Å². The minimum Gasteiger partial charge on any atom is -0.497 e. The van der Waals surface area contributed by atoms with Crippen LogP contribution in [0.4, 0.5) is 5.69 Å². The number of para-hydroxylation sites is 3. The third-order valence-electron chi connectivity index (χ3n) is 5.18. The van der Waals surface area contributed by atoms with Crippen molar-refractivity contribution in [2.75, 3.05) is 32.4 Å². The van der Waals surface area contributed by atoms with E-state index in [0.29, 0.717) is 28.6 Å². The highest BCUT2D eigenvalue weighted by Crippen LogP contribution is 2.30. The number of ether oxygens (including phenoxy) is 3. The van der Waals surface area contributed by atoms with Crippen molar-refractivity contribution in [3.8, 4) is 17.2 Å². The summed E-state index contributed by atoms with van der Waals surface area (Å²) in [6.45, 7) is 0. The molecule has 0 aliphatic carbocycles. The lowest BCUT2D eigenvalue weighted by atomic mass is 10.1. The van der Waals surface area contributed by atoms with E-state index in [1.807, 2.05) is 48.5 Å². The standard InChI is InChI=1S/C26H25N3O4S/c1-31-18-12-13-24(33-3)21(15-18)28-25(30)16-34-26-22(14-17-8-4-7-11-23(17)32-2)27-19-9-5-6-10-20(19)29-26/h4-13,15H,14,16H2,1-3H3,(H,28,30). The molecule has 7 nitrogen and oxygen atoms in total. The average Bonchev–Trinajstić information content (AvgIpc) is 2.87. The summed E-state index contributed by atoms with van der Waals surface area (Å²) in [5, 5.41) is 3.60. The molecule has 4 aromatic rings. The number of nitrogens with zero attached hydrogens (tertiary/aromatic N) is 2. The maximum Gasteiger partial charge on any atom is 0.234 e. The number of carbonyl (C=O) groups excluding carboxylic acids is 1. The molecule has 0 saturated heterocycles. The van der Waals surface area contributed by atoms with Gasteiger partial charge in [-0.2, -0.15) is 0 Å². The van der Waals surface area contributed by atoms with E-state index in [1.165, 1.54) is 11.8 Å². The van der Waals surface area contributed by atoms with E-state index in [9.17, 15) is 4.79 Å². The van der Waals surface area contributed by atoms with Crippen LogP contribution >= 0.6 is 11.8 Å². The molecular formula is C26H25N3O4S. The topological polar surface area (TPSA) is 82.6 Å². The van der Waals surface area contributed by atoms with E-state index in [-0.39, 0.29) is 11.7 Å². The fraction of sp³-hybridized carbons (Fsp3) is 0.192. The van der Waals surface area contributed by atoms with E-state index >= 15 is 0 Å². The van der Waals surface area contributed by atoms with Gasteiger partial charge in [-0.05, 0) is 30.3 Å². The number of nitrogens with one attached hydrogen (secondary N) is 1. The number of aromatic nitrogens is 2. The summed E-state index contributed by atoms with van der Waals surface area (Å²) in [5.41, 5.74) is 3.93. The van der Waals surface area contributed by atoms with Crippen molar-refractivity contribution in [1.29, 1.82) is 0 Å². The van der Waals surface area contributed by atoms with Crippen LogP contribution in [-0.4, -0.2) is 43.0 Å². The number of hydrogen-bond donors (Lipinski definition) is 1. The van der Waals surface area contributed by atoms with E-state index in [1.54, 1.807) is 39.5 Å². The number of carbonyl (C=O) groups is 1. The molecule has 1 N–H and O–H groups in total. The molecule has 0 atom stereocenters. The molecule has 174 valence electrons. The molecule has 1 aromatic heterocycles. The summed E-state index contributed by atoms with van der Waals surface area (Å²) in [7, 11) is 4.78. The SMILES string of the molecule is COc1ccc(OC)c(NC(=O)CSc2nc3ccccc3nc2Cc2ccccc2OC)c1. The highest BCUT2D eigenvalue weighted by molar-refractivity contribution is 8.00. The lowest BCUT2D eigenvalue weighted by Crippen LogP contribution is -2.15. The first-order chi connectivity index (χ1) is 16.6. The molecule has 1 amide bonds. The van der Waals surface area contributed by atoms with Gasteiger partial charge in [0.2, 0.25) is 5.91 Å². The van der Waals surface area contributed by atoms with Crippen LogP contribution in [0.1, 0.15) is 11.3 Å². The second-order valence-corrected chi connectivity index (χ2v) is 8.32. The Bertz CT molecular complexity index is 1310. The molecule has 4 rings (SSSR count). The monoisotopic (exact) mass is 475 g/mol. The van der Waals surface area contributed by atoms with Gasteiger partial charge in [0.1, 0.15) is 22.3 Å². The minimum absolute atomic E-state index is 0.159. The van der Waals surface area contributed by atoms with Gasteiger partial charge in [0.25, 0.3) is 0 Å². The van der Waals surface area contributed by atoms with Crippen molar-refractivity contribution in [2.45, 2.75) is 11.4 Å². The van der Waals surface area contributed by atoms with Crippen LogP contribution < -0.4 is 19.5 Å². The molecule has 0 aliphatic rings. The molecular weight excluding hydrogens is 450 g/mol. The third-order valence-corrected chi connectivity index (χ3v) is 6.18. The molecule has 3 aromatic carbocycles. The van der Waals surface area contributed by atoms with Gasteiger partial charge in [0, 0.05) is 18.1 Å². The third kappa shape index (κ3) is 5.40. The summed E-state index contributed by atoms with van der Waals surface area (Å²) in [6.07, 6.45) is 0.537. The smallest absolute Gasteiger partial charge is 0.234 e. The summed E-state index contributed by atoms with van der Waals surface area (Å²) in [5.74, 6) is 1.95. The van der Waals surface area contributed by atoms with E-state index in [4.69, 9.17) is 24.2 Å². The minimum atomic E-state index is -0.185. The molecule has 0 saturated carbocycles. The first-order valence-corrected chi connectivity index (χ1v) is 11.6. The Labute approximate surface area is 202 Å². The maximum absolute atomic E-state index is 12.8. The van der Waals surface area contributed by atoms with Gasteiger partial charge < -0.3 is 19.5 Å². The highest BCUT2D eigenvalue weighted by atomic mass is 32.2. The number of thioether (sulfide) groups is 1. The van der Waals surface area contributed by atoms with E-state index in [0.717, 1.165) is 28.0 Å². The molecule has 0 fully saturated rings. The molecule has 0 unspecified atom stereocenters. The van der Waals surface area contributed by atoms with Gasteiger partial charge >= 0.3 is 0 Å². The number of methoxy groups -OCH3 is 3. The van der Waals surface area contributed by atoms with E-state index in [2.05, 4.69) is 5.32 Å². The summed E-state index contributed by atoms with van der Waals surface area (Å²) in [4.78, 5) is 22.4. The molecule has 8 heteroatoms. The zero-order valence-corrected chi connectivity index (χ0v) is 20.0. The number of rotatable bonds is 9. The van der Waals surface area contributed by atoms with Crippen LogP contribution in [0.15, 0.2) is 71.8 Å². The number of amides is 1. The first kappa shape index (κ1) is 23.4. The Morgan fingerprint density at radius 3 is 2.29 bits per heavy atom. The molecule has 0 spiro atoms.